The fourth-order valence-electron chi connectivity index (χ4n) is 1.91. The van der Waals surface area contributed by atoms with E-state index < -0.39 is 20.0 Å². The third kappa shape index (κ3) is 6.39. The number of nitrogens with one attached hydrogen (secondary N) is 2. The summed E-state index contributed by atoms with van der Waals surface area (Å²) in [6.45, 7) is -0.183. The van der Waals surface area contributed by atoms with Crippen LogP contribution in [0.4, 0.5) is 5.69 Å². The van der Waals surface area contributed by atoms with Gasteiger partial charge in [-0.2, -0.15) is 0 Å². The van der Waals surface area contributed by atoms with Crippen LogP contribution < -0.4 is 9.44 Å². The number of benzene rings is 2. The van der Waals surface area contributed by atoms with Crippen molar-refractivity contribution < 1.29 is 16.8 Å². The molecular formula is C15H18N2O4S2. The van der Waals surface area contributed by atoms with E-state index in [-0.39, 0.29) is 18.1 Å². The summed E-state index contributed by atoms with van der Waals surface area (Å²) in [5.74, 6) is -0.518. The van der Waals surface area contributed by atoms with Crippen LogP contribution >= 0.6 is 0 Å². The molecular weight excluding hydrogens is 336 g/mol. The Balaban J connectivity index is 1.86. The van der Waals surface area contributed by atoms with Gasteiger partial charge in [0.25, 0.3) is 0 Å². The van der Waals surface area contributed by atoms with Crippen molar-refractivity contribution in [1.82, 2.24) is 4.72 Å². The molecule has 124 valence electrons. The quantitative estimate of drug-likeness (QED) is 0.752. The summed E-state index contributed by atoms with van der Waals surface area (Å²) in [7, 11) is -7.18. The van der Waals surface area contributed by atoms with Crippen LogP contribution in [0, 0.1) is 0 Å². The fourth-order valence-corrected chi connectivity index (χ4v) is 4.16. The summed E-state index contributed by atoms with van der Waals surface area (Å²) in [6.07, 6.45) is 0. The van der Waals surface area contributed by atoms with Crippen LogP contribution in [0.3, 0.4) is 0 Å². The number of rotatable bonds is 8. The van der Waals surface area contributed by atoms with Crippen molar-refractivity contribution in [2.45, 2.75) is 5.75 Å². The molecule has 0 aliphatic carbocycles. The molecule has 6 nitrogen and oxygen atoms in total. The highest BCUT2D eigenvalue weighted by molar-refractivity contribution is 7.92. The molecule has 0 amide bonds. The maximum absolute atomic E-state index is 11.9. The molecule has 2 rings (SSSR count). The highest BCUT2D eigenvalue weighted by Crippen LogP contribution is 2.08. The molecule has 0 heterocycles. The van der Waals surface area contributed by atoms with E-state index in [0.29, 0.717) is 11.3 Å². The smallest absolute Gasteiger partial charge is 0.234 e. The third-order valence-electron chi connectivity index (χ3n) is 2.94. The number of para-hydroxylation sites is 1. The zero-order chi connectivity index (χ0) is 16.8. The number of anilines is 1. The molecule has 0 saturated heterocycles. The van der Waals surface area contributed by atoms with Gasteiger partial charge in [0.15, 0.2) is 0 Å². The van der Waals surface area contributed by atoms with Gasteiger partial charge in [-0.1, -0.05) is 48.5 Å². The van der Waals surface area contributed by atoms with E-state index in [1.165, 1.54) is 0 Å². The van der Waals surface area contributed by atoms with Crippen LogP contribution in [-0.4, -0.2) is 29.1 Å². The second-order valence-electron chi connectivity index (χ2n) is 4.93. The molecule has 8 heteroatoms. The first-order valence-electron chi connectivity index (χ1n) is 6.93. The molecule has 0 spiro atoms. The predicted molar refractivity (Wildman–Crippen MR) is 90.9 cm³/mol. The molecule has 2 aromatic carbocycles. The van der Waals surface area contributed by atoms with Gasteiger partial charge >= 0.3 is 0 Å². The number of sulfonamides is 2. The Kier molecular flexibility index (Phi) is 5.75. The molecule has 2 aromatic rings. The van der Waals surface area contributed by atoms with Crippen molar-refractivity contribution in [3.05, 3.63) is 66.2 Å². The van der Waals surface area contributed by atoms with Crippen LogP contribution in [-0.2, 0) is 25.8 Å². The lowest BCUT2D eigenvalue weighted by Gasteiger charge is -2.09. The summed E-state index contributed by atoms with van der Waals surface area (Å²) >= 11 is 0. The summed E-state index contributed by atoms with van der Waals surface area (Å²) in [6, 6.07) is 17.1. The first-order chi connectivity index (χ1) is 10.9. The minimum atomic E-state index is -3.61. The Bertz CT molecular complexity index is 749. The van der Waals surface area contributed by atoms with Crippen molar-refractivity contribution in [2.75, 3.05) is 17.0 Å². The maximum Gasteiger partial charge on any atom is 0.234 e. The Labute approximate surface area is 136 Å². The molecule has 0 aliphatic rings. The second-order valence-corrected chi connectivity index (χ2v) is 8.57. The van der Waals surface area contributed by atoms with E-state index in [9.17, 15) is 16.8 Å². The van der Waals surface area contributed by atoms with E-state index in [1.54, 1.807) is 60.7 Å². The molecule has 0 aromatic heterocycles. The highest BCUT2D eigenvalue weighted by Gasteiger charge is 2.15. The molecule has 0 radical (unpaired) electrons. The van der Waals surface area contributed by atoms with Gasteiger partial charge < -0.3 is 0 Å². The van der Waals surface area contributed by atoms with Gasteiger partial charge in [0.2, 0.25) is 20.0 Å². The Morgan fingerprint density at radius 3 is 1.91 bits per heavy atom. The number of hydrogen-bond acceptors (Lipinski definition) is 4. The molecule has 2 N–H and O–H groups in total. The molecule has 0 aliphatic heterocycles. The van der Waals surface area contributed by atoms with Crippen molar-refractivity contribution in [1.29, 1.82) is 0 Å². The summed E-state index contributed by atoms with van der Waals surface area (Å²) < 4.78 is 52.3. The Hall–Kier alpha value is -1.90. The molecule has 0 unspecified atom stereocenters. The van der Waals surface area contributed by atoms with E-state index in [4.69, 9.17) is 0 Å². The lowest BCUT2D eigenvalue weighted by atomic mass is 10.2. The number of hydrogen-bond donors (Lipinski definition) is 2. The largest absolute Gasteiger partial charge is 0.284 e. The predicted octanol–water partition coefficient (Wildman–Crippen LogP) is 1.55. The van der Waals surface area contributed by atoms with Crippen LogP contribution in [0.25, 0.3) is 0 Å². The van der Waals surface area contributed by atoms with Crippen LogP contribution in [0.15, 0.2) is 60.7 Å². The van der Waals surface area contributed by atoms with Gasteiger partial charge in [0, 0.05) is 12.2 Å². The van der Waals surface area contributed by atoms with Crippen LogP contribution in [0.2, 0.25) is 0 Å². The van der Waals surface area contributed by atoms with Gasteiger partial charge in [0.05, 0.1) is 11.5 Å². The third-order valence-corrected chi connectivity index (χ3v) is 5.59. The van der Waals surface area contributed by atoms with E-state index in [2.05, 4.69) is 9.44 Å². The first kappa shape index (κ1) is 17.5. The fraction of sp³-hybridized carbons (Fsp3) is 0.200. The van der Waals surface area contributed by atoms with Gasteiger partial charge in [-0.15, -0.1) is 0 Å². The van der Waals surface area contributed by atoms with Gasteiger partial charge in [-0.25, -0.2) is 21.6 Å². The van der Waals surface area contributed by atoms with Crippen LogP contribution in [0.1, 0.15) is 5.56 Å². The van der Waals surface area contributed by atoms with Gasteiger partial charge in [-0.3, -0.25) is 4.72 Å². The molecule has 0 atom stereocenters. The zero-order valence-corrected chi connectivity index (χ0v) is 14.0. The standard InChI is InChI=1S/C15H18N2O4S2/c18-22(19,17-15-9-5-2-6-10-15)12-11-16-23(20,21)13-14-7-3-1-4-8-14/h1-10,16-17H,11-13H2. The Morgan fingerprint density at radius 2 is 1.30 bits per heavy atom. The monoisotopic (exact) mass is 354 g/mol. The molecule has 23 heavy (non-hydrogen) atoms. The minimum absolute atomic E-state index is 0.181. The molecule has 0 bridgehead atoms. The van der Waals surface area contributed by atoms with Crippen molar-refractivity contribution in [3.8, 4) is 0 Å². The maximum atomic E-state index is 11.9. The van der Waals surface area contributed by atoms with Crippen LogP contribution in [0.5, 0.6) is 0 Å². The minimum Gasteiger partial charge on any atom is -0.284 e. The van der Waals surface area contributed by atoms with Gasteiger partial charge in [0.1, 0.15) is 0 Å². The average Bonchev–Trinajstić information content (AvgIpc) is 2.47. The summed E-state index contributed by atoms with van der Waals surface area (Å²) in [5, 5.41) is 0. The topological polar surface area (TPSA) is 92.3 Å². The molecule has 0 saturated carbocycles. The van der Waals surface area contributed by atoms with Gasteiger partial charge in [-0.05, 0) is 17.7 Å². The zero-order valence-electron chi connectivity index (χ0n) is 12.3. The molecule has 0 fully saturated rings. The van der Waals surface area contributed by atoms with Crippen molar-refractivity contribution in [3.63, 3.8) is 0 Å². The van der Waals surface area contributed by atoms with Crippen molar-refractivity contribution >= 4 is 25.7 Å². The SMILES string of the molecule is O=S(=O)(Cc1ccccc1)NCCS(=O)(=O)Nc1ccccc1. The normalized spacial score (nSPS) is 12.0. The summed E-state index contributed by atoms with van der Waals surface area (Å²) in [4.78, 5) is 0. The van der Waals surface area contributed by atoms with E-state index >= 15 is 0 Å². The lowest BCUT2D eigenvalue weighted by molar-refractivity contribution is 0.581. The van der Waals surface area contributed by atoms with E-state index in [1.807, 2.05) is 0 Å². The summed E-state index contributed by atoms with van der Waals surface area (Å²) in [5.41, 5.74) is 1.09. The van der Waals surface area contributed by atoms with E-state index in [0.717, 1.165) is 0 Å². The average molecular weight is 354 g/mol. The Morgan fingerprint density at radius 1 is 0.739 bits per heavy atom. The highest BCUT2D eigenvalue weighted by atomic mass is 32.2. The first-order valence-corrected chi connectivity index (χ1v) is 10.2. The lowest BCUT2D eigenvalue weighted by Crippen LogP contribution is -2.32. The second kappa shape index (κ2) is 7.58. The van der Waals surface area contributed by atoms with Crippen molar-refractivity contribution in [2.24, 2.45) is 0 Å².